The van der Waals surface area contributed by atoms with Gasteiger partial charge in [0.25, 0.3) is 0 Å². The zero-order valence-electron chi connectivity index (χ0n) is 18.3. The molecule has 3 aromatic carbocycles. The summed E-state index contributed by atoms with van der Waals surface area (Å²) >= 11 is 0. The molecule has 2 N–H and O–H groups in total. The molecule has 0 bridgehead atoms. The van der Waals surface area contributed by atoms with Gasteiger partial charge in [-0.3, -0.25) is 9.59 Å². The first-order valence-electron chi connectivity index (χ1n) is 10.3. The van der Waals surface area contributed by atoms with Crippen LogP contribution in [0.25, 0.3) is 0 Å². The SMILES string of the molecule is CCOc1ccccc1NC(=O)C(=O)N/N=C(\C)c1ccc(OCc2ccccc2F)cc1. The molecule has 0 saturated heterocycles. The molecule has 0 spiro atoms. The van der Waals surface area contributed by atoms with Crippen molar-refractivity contribution in [2.24, 2.45) is 5.10 Å². The second-order valence-corrected chi connectivity index (χ2v) is 6.93. The highest BCUT2D eigenvalue weighted by Crippen LogP contribution is 2.23. The summed E-state index contributed by atoms with van der Waals surface area (Å²) in [5, 5.41) is 6.49. The van der Waals surface area contributed by atoms with Gasteiger partial charge >= 0.3 is 11.8 Å². The fourth-order valence-electron chi connectivity index (χ4n) is 2.85. The number of benzene rings is 3. The van der Waals surface area contributed by atoms with Gasteiger partial charge in [0.2, 0.25) is 0 Å². The number of hydrogen-bond donors (Lipinski definition) is 2. The van der Waals surface area contributed by atoms with Crippen LogP contribution < -0.4 is 20.2 Å². The average Bonchev–Trinajstić information content (AvgIpc) is 2.83. The van der Waals surface area contributed by atoms with E-state index in [1.807, 2.05) is 6.92 Å². The van der Waals surface area contributed by atoms with E-state index in [-0.39, 0.29) is 12.4 Å². The largest absolute Gasteiger partial charge is 0.492 e. The van der Waals surface area contributed by atoms with Crippen molar-refractivity contribution in [3.05, 3.63) is 89.7 Å². The van der Waals surface area contributed by atoms with E-state index in [1.165, 1.54) is 6.07 Å². The van der Waals surface area contributed by atoms with E-state index in [4.69, 9.17) is 9.47 Å². The molecule has 33 heavy (non-hydrogen) atoms. The van der Waals surface area contributed by atoms with Gasteiger partial charge in [-0.2, -0.15) is 5.10 Å². The Morgan fingerprint density at radius 1 is 0.909 bits per heavy atom. The first-order chi connectivity index (χ1) is 16.0. The van der Waals surface area contributed by atoms with Crippen molar-refractivity contribution in [3.63, 3.8) is 0 Å². The van der Waals surface area contributed by atoms with Gasteiger partial charge in [0.15, 0.2) is 0 Å². The Morgan fingerprint density at radius 2 is 1.61 bits per heavy atom. The fourth-order valence-corrected chi connectivity index (χ4v) is 2.85. The number of hydrogen-bond acceptors (Lipinski definition) is 5. The molecular weight excluding hydrogens is 425 g/mol. The smallest absolute Gasteiger partial charge is 0.329 e. The summed E-state index contributed by atoms with van der Waals surface area (Å²) in [6.07, 6.45) is 0. The topological polar surface area (TPSA) is 89.0 Å². The lowest BCUT2D eigenvalue weighted by Gasteiger charge is -2.10. The predicted octanol–water partition coefficient (Wildman–Crippen LogP) is 4.28. The van der Waals surface area contributed by atoms with Crippen molar-refractivity contribution >= 4 is 23.2 Å². The second-order valence-electron chi connectivity index (χ2n) is 6.93. The zero-order valence-corrected chi connectivity index (χ0v) is 18.3. The van der Waals surface area contributed by atoms with Crippen LogP contribution in [0.5, 0.6) is 11.5 Å². The lowest BCUT2D eigenvalue weighted by molar-refractivity contribution is -0.136. The number of nitrogens with zero attached hydrogens (tertiary/aromatic N) is 1. The van der Waals surface area contributed by atoms with Crippen LogP contribution in [0.15, 0.2) is 77.9 Å². The standard InChI is InChI=1S/C25H24FN3O4/c1-3-32-23-11-7-6-10-22(23)27-24(30)25(31)29-28-17(2)18-12-14-20(15-13-18)33-16-19-8-4-5-9-21(19)26/h4-15H,3,16H2,1-2H3,(H,27,30)(H,29,31)/b28-17+. The molecule has 170 valence electrons. The molecule has 7 nitrogen and oxygen atoms in total. The molecule has 8 heteroatoms. The fraction of sp³-hybridized carbons (Fsp3) is 0.160. The maximum atomic E-state index is 13.7. The first-order valence-corrected chi connectivity index (χ1v) is 10.3. The molecule has 0 aromatic heterocycles. The summed E-state index contributed by atoms with van der Waals surface area (Å²) in [6, 6.07) is 20.2. The van der Waals surface area contributed by atoms with E-state index in [0.29, 0.717) is 35.1 Å². The minimum Gasteiger partial charge on any atom is -0.492 e. The summed E-state index contributed by atoms with van der Waals surface area (Å²) in [5.41, 5.74) is 4.31. The molecule has 0 aliphatic rings. The van der Waals surface area contributed by atoms with E-state index in [9.17, 15) is 14.0 Å². The highest BCUT2D eigenvalue weighted by molar-refractivity contribution is 6.39. The quantitative estimate of drug-likeness (QED) is 0.305. The second kappa shape index (κ2) is 11.4. The Hall–Kier alpha value is -4.20. The minimum absolute atomic E-state index is 0.108. The van der Waals surface area contributed by atoms with Crippen molar-refractivity contribution in [1.29, 1.82) is 0 Å². The first kappa shape index (κ1) is 23.5. The molecule has 0 heterocycles. The Labute approximate surface area is 191 Å². The Morgan fingerprint density at radius 3 is 2.33 bits per heavy atom. The van der Waals surface area contributed by atoms with Crippen LogP contribution in [0.1, 0.15) is 25.0 Å². The molecule has 2 amide bonds. The van der Waals surface area contributed by atoms with E-state index >= 15 is 0 Å². The number of carbonyl (C=O) groups is 2. The molecule has 0 aliphatic carbocycles. The number of rotatable bonds is 8. The molecule has 0 aliphatic heterocycles. The van der Waals surface area contributed by atoms with Crippen LogP contribution in [-0.4, -0.2) is 24.1 Å². The lowest BCUT2D eigenvalue weighted by Crippen LogP contribution is -2.33. The van der Waals surface area contributed by atoms with Gasteiger partial charge in [0, 0.05) is 5.56 Å². The van der Waals surface area contributed by atoms with Crippen molar-refractivity contribution in [1.82, 2.24) is 5.43 Å². The molecule has 3 rings (SSSR count). The average molecular weight is 449 g/mol. The number of anilines is 1. The van der Waals surface area contributed by atoms with Gasteiger partial charge in [-0.25, -0.2) is 9.82 Å². The van der Waals surface area contributed by atoms with Crippen molar-refractivity contribution in [2.75, 3.05) is 11.9 Å². The van der Waals surface area contributed by atoms with E-state index < -0.39 is 11.8 Å². The van der Waals surface area contributed by atoms with Gasteiger partial charge in [-0.1, -0.05) is 30.3 Å². The van der Waals surface area contributed by atoms with Gasteiger partial charge in [-0.05, 0) is 61.9 Å². The Kier molecular flexibility index (Phi) is 8.13. The minimum atomic E-state index is -0.912. The van der Waals surface area contributed by atoms with Gasteiger partial charge < -0.3 is 14.8 Å². The maximum Gasteiger partial charge on any atom is 0.329 e. The zero-order chi connectivity index (χ0) is 23.6. The number of ether oxygens (including phenoxy) is 2. The molecule has 0 radical (unpaired) electrons. The summed E-state index contributed by atoms with van der Waals surface area (Å²) in [5.74, 6) is -1.07. The number of halogens is 1. The third-order valence-electron chi connectivity index (χ3n) is 4.59. The van der Waals surface area contributed by atoms with Crippen LogP contribution in [0.3, 0.4) is 0 Å². The van der Waals surface area contributed by atoms with Crippen LogP contribution in [0.4, 0.5) is 10.1 Å². The summed E-state index contributed by atoms with van der Waals surface area (Å²) in [4.78, 5) is 24.3. The van der Waals surface area contributed by atoms with Crippen LogP contribution in [0.2, 0.25) is 0 Å². The number of nitrogens with one attached hydrogen (secondary N) is 2. The highest BCUT2D eigenvalue weighted by Gasteiger charge is 2.15. The molecular formula is C25H24FN3O4. The van der Waals surface area contributed by atoms with E-state index in [1.54, 1.807) is 73.7 Å². The Balaban J connectivity index is 1.55. The van der Waals surface area contributed by atoms with Gasteiger partial charge in [0.1, 0.15) is 23.9 Å². The Bertz CT molecular complexity index is 1150. The highest BCUT2D eigenvalue weighted by atomic mass is 19.1. The summed E-state index contributed by atoms with van der Waals surface area (Å²) in [7, 11) is 0. The molecule has 0 unspecified atom stereocenters. The lowest BCUT2D eigenvalue weighted by atomic mass is 10.1. The number of amides is 2. The molecule has 0 atom stereocenters. The third kappa shape index (κ3) is 6.64. The van der Waals surface area contributed by atoms with Crippen molar-refractivity contribution < 1.29 is 23.5 Å². The van der Waals surface area contributed by atoms with Gasteiger partial charge in [-0.15, -0.1) is 0 Å². The van der Waals surface area contributed by atoms with Crippen molar-refractivity contribution in [3.8, 4) is 11.5 Å². The molecule has 0 fully saturated rings. The normalized spacial score (nSPS) is 10.9. The monoisotopic (exact) mass is 449 g/mol. The summed E-state index contributed by atoms with van der Waals surface area (Å²) in [6.45, 7) is 4.05. The number of para-hydroxylation sites is 2. The van der Waals surface area contributed by atoms with Gasteiger partial charge in [0.05, 0.1) is 18.0 Å². The third-order valence-corrected chi connectivity index (χ3v) is 4.59. The summed E-state index contributed by atoms with van der Waals surface area (Å²) < 4.78 is 24.7. The number of hydrazone groups is 1. The number of carbonyl (C=O) groups excluding carboxylic acids is 2. The predicted molar refractivity (Wildman–Crippen MR) is 124 cm³/mol. The maximum absolute atomic E-state index is 13.7. The van der Waals surface area contributed by atoms with Crippen molar-refractivity contribution in [2.45, 2.75) is 20.5 Å². The van der Waals surface area contributed by atoms with Crippen LogP contribution in [-0.2, 0) is 16.2 Å². The van der Waals surface area contributed by atoms with E-state index in [0.717, 1.165) is 5.56 Å². The molecule has 3 aromatic rings. The van der Waals surface area contributed by atoms with Crippen LogP contribution >= 0.6 is 0 Å². The van der Waals surface area contributed by atoms with Crippen LogP contribution in [0, 0.1) is 5.82 Å². The molecule has 0 saturated carbocycles. The van der Waals surface area contributed by atoms with E-state index in [2.05, 4.69) is 15.8 Å².